The van der Waals surface area contributed by atoms with Crippen molar-refractivity contribution in [2.75, 3.05) is 18.5 Å². The van der Waals surface area contributed by atoms with Crippen LogP contribution in [0, 0.1) is 0 Å². The number of aliphatic hydroxyl groups excluding tert-OH is 1. The predicted molar refractivity (Wildman–Crippen MR) is 101 cm³/mol. The monoisotopic (exact) mass is 437 g/mol. The van der Waals surface area contributed by atoms with E-state index in [2.05, 4.69) is 15.0 Å². The van der Waals surface area contributed by atoms with Gasteiger partial charge in [-0.1, -0.05) is 41.4 Å². The molecule has 2 rings (SSSR count). The standard InChI is InChI=1S/C17H16Cl2F3N3O3/c18-11-4-3-7-14(15(11)19)27-9-10(26)8-24-16(23)25-12-5-1-2-6-13(12)28-17(20,21)22/h1-7,10,26H,8-9H2,(H3,23,24,25). The number of aliphatic hydroxyl groups is 1. The molecular formula is C17H16Cl2F3N3O3. The van der Waals surface area contributed by atoms with Crippen molar-refractivity contribution in [3.63, 3.8) is 0 Å². The van der Waals surface area contributed by atoms with E-state index in [4.69, 9.17) is 33.7 Å². The number of anilines is 1. The van der Waals surface area contributed by atoms with Crippen LogP contribution >= 0.6 is 23.2 Å². The minimum absolute atomic E-state index is 0.0301. The van der Waals surface area contributed by atoms with E-state index in [-0.39, 0.29) is 29.8 Å². The van der Waals surface area contributed by atoms with Gasteiger partial charge in [0.25, 0.3) is 0 Å². The zero-order chi connectivity index (χ0) is 20.7. The Morgan fingerprint density at radius 1 is 1.14 bits per heavy atom. The Morgan fingerprint density at radius 2 is 1.82 bits per heavy atom. The topological polar surface area (TPSA) is 89.1 Å². The Labute approximate surface area is 168 Å². The predicted octanol–water partition coefficient (Wildman–Crippen LogP) is 4.06. The second kappa shape index (κ2) is 9.72. The molecule has 0 saturated carbocycles. The lowest BCUT2D eigenvalue weighted by Gasteiger charge is -2.15. The molecule has 11 heteroatoms. The number of nitrogens with zero attached hydrogens (tertiary/aromatic N) is 1. The highest BCUT2D eigenvalue weighted by Gasteiger charge is 2.32. The van der Waals surface area contributed by atoms with E-state index in [9.17, 15) is 18.3 Å². The van der Waals surface area contributed by atoms with Gasteiger partial charge in [-0.25, -0.2) is 0 Å². The first-order valence-corrected chi connectivity index (χ1v) is 8.58. The summed E-state index contributed by atoms with van der Waals surface area (Å²) in [5.41, 5.74) is 5.62. The highest BCUT2D eigenvalue weighted by Crippen LogP contribution is 2.31. The van der Waals surface area contributed by atoms with Crippen LogP contribution in [0.5, 0.6) is 11.5 Å². The molecule has 28 heavy (non-hydrogen) atoms. The molecule has 0 aliphatic rings. The molecule has 1 unspecified atom stereocenters. The van der Waals surface area contributed by atoms with Gasteiger partial charge in [0.05, 0.1) is 17.3 Å². The van der Waals surface area contributed by atoms with Crippen molar-refractivity contribution in [3.8, 4) is 11.5 Å². The maximum atomic E-state index is 12.4. The number of guanidine groups is 1. The van der Waals surface area contributed by atoms with Gasteiger partial charge < -0.3 is 25.6 Å². The van der Waals surface area contributed by atoms with E-state index in [0.29, 0.717) is 10.8 Å². The number of benzene rings is 2. The van der Waals surface area contributed by atoms with E-state index in [1.54, 1.807) is 18.2 Å². The van der Waals surface area contributed by atoms with Gasteiger partial charge in [-0.3, -0.25) is 4.99 Å². The third kappa shape index (κ3) is 6.99. The highest BCUT2D eigenvalue weighted by molar-refractivity contribution is 6.42. The van der Waals surface area contributed by atoms with Gasteiger partial charge in [0.1, 0.15) is 23.5 Å². The zero-order valence-electron chi connectivity index (χ0n) is 14.2. The van der Waals surface area contributed by atoms with Crippen LogP contribution in [-0.4, -0.2) is 36.7 Å². The number of hydrogen-bond donors (Lipinski definition) is 3. The Bertz CT molecular complexity index is 835. The molecule has 152 valence electrons. The second-order valence-corrected chi connectivity index (χ2v) is 6.20. The second-order valence-electron chi connectivity index (χ2n) is 5.41. The minimum atomic E-state index is -4.85. The molecule has 4 N–H and O–H groups in total. The summed E-state index contributed by atoms with van der Waals surface area (Å²) >= 11 is 11.8. The lowest BCUT2D eigenvalue weighted by molar-refractivity contribution is -0.274. The quantitative estimate of drug-likeness (QED) is 0.448. The molecule has 2 aromatic rings. The largest absolute Gasteiger partial charge is 0.573 e. The number of hydrogen-bond acceptors (Lipinski definition) is 4. The summed E-state index contributed by atoms with van der Waals surface area (Å²) in [5.74, 6) is -0.382. The number of halogens is 5. The van der Waals surface area contributed by atoms with Crippen LogP contribution in [0.1, 0.15) is 0 Å². The molecule has 0 aliphatic carbocycles. The third-order valence-electron chi connectivity index (χ3n) is 3.20. The van der Waals surface area contributed by atoms with Gasteiger partial charge in [-0.15, -0.1) is 13.2 Å². The maximum Gasteiger partial charge on any atom is 0.573 e. The number of para-hydroxylation sites is 2. The lowest BCUT2D eigenvalue weighted by Crippen LogP contribution is -2.27. The van der Waals surface area contributed by atoms with Crippen molar-refractivity contribution in [3.05, 3.63) is 52.5 Å². The molecule has 0 radical (unpaired) electrons. The Balaban J connectivity index is 1.91. The maximum absolute atomic E-state index is 12.4. The molecular weight excluding hydrogens is 422 g/mol. The van der Waals surface area contributed by atoms with Crippen LogP contribution in [-0.2, 0) is 0 Å². The molecule has 0 aromatic heterocycles. The lowest BCUT2D eigenvalue weighted by atomic mass is 10.3. The van der Waals surface area contributed by atoms with Crippen LogP contribution in [0.3, 0.4) is 0 Å². The number of aliphatic imine (C=N–C) groups is 1. The van der Waals surface area contributed by atoms with E-state index in [1.165, 1.54) is 18.2 Å². The van der Waals surface area contributed by atoms with E-state index in [0.717, 1.165) is 6.07 Å². The highest BCUT2D eigenvalue weighted by atomic mass is 35.5. The molecule has 2 aromatic carbocycles. The summed E-state index contributed by atoms with van der Waals surface area (Å²) in [6, 6.07) is 10.1. The van der Waals surface area contributed by atoms with Crippen LogP contribution in [0.4, 0.5) is 18.9 Å². The molecule has 6 nitrogen and oxygen atoms in total. The van der Waals surface area contributed by atoms with Crippen molar-refractivity contribution in [2.24, 2.45) is 10.7 Å². The minimum Gasteiger partial charge on any atom is -0.489 e. The van der Waals surface area contributed by atoms with Crippen molar-refractivity contribution < 1.29 is 27.8 Å². The fourth-order valence-electron chi connectivity index (χ4n) is 2.00. The molecule has 0 amide bonds. The van der Waals surface area contributed by atoms with E-state index >= 15 is 0 Å². The normalized spacial score (nSPS) is 13.1. The van der Waals surface area contributed by atoms with Gasteiger partial charge in [-0.2, -0.15) is 0 Å². The van der Waals surface area contributed by atoms with Crippen LogP contribution in [0.15, 0.2) is 47.5 Å². The molecule has 0 fully saturated rings. The summed E-state index contributed by atoms with van der Waals surface area (Å²) in [6.45, 7) is -0.316. The Kier molecular flexibility index (Phi) is 7.61. The summed E-state index contributed by atoms with van der Waals surface area (Å²) in [4.78, 5) is 3.87. The molecule has 0 aliphatic heterocycles. The first-order valence-electron chi connectivity index (χ1n) is 7.82. The molecule has 0 heterocycles. The van der Waals surface area contributed by atoms with Gasteiger partial charge in [-0.05, 0) is 24.3 Å². The zero-order valence-corrected chi connectivity index (χ0v) is 15.7. The Hall–Kier alpha value is -2.36. The number of rotatable bonds is 7. The van der Waals surface area contributed by atoms with Crippen molar-refractivity contribution in [2.45, 2.75) is 12.5 Å². The smallest absolute Gasteiger partial charge is 0.489 e. The fraction of sp³-hybridized carbons (Fsp3) is 0.235. The Morgan fingerprint density at radius 3 is 2.54 bits per heavy atom. The average Bonchev–Trinajstić information content (AvgIpc) is 2.61. The molecule has 1 atom stereocenters. The number of alkyl halides is 3. The van der Waals surface area contributed by atoms with Crippen molar-refractivity contribution in [1.29, 1.82) is 0 Å². The number of nitrogens with two attached hydrogens (primary N) is 1. The molecule has 0 spiro atoms. The van der Waals surface area contributed by atoms with Gasteiger partial charge in [0, 0.05) is 0 Å². The van der Waals surface area contributed by atoms with Crippen LogP contribution in [0.2, 0.25) is 10.0 Å². The summed E-state index contributed by atoms with van der Waals surface area (Å²) < 4.78 is 46.5. The third-order valence-corrected chi connectivity index (χ3v) is 4.00. The first-order chi connectivity index (χ1) is 13.2. The fourth-order valence-corrected chi connectivity index (χ4v) is 2.35. The summed E-state index contributed by atoms with van der Waals surface area (Å²) in [7, 11) is 0. The molecule has 0 saturated heterocycles. The van der Waals surface area contributed by atoms with E-state index in [1.807, 2.05) is 0 Å². The van der Waals surface area contributed by atoms with Crippen molar-refractivity contribution >= 4 is 34.8 Å². The molecule has 0 bridgehead atoms. The van der Waals surface area contributed by atoms with Crippen molar-refractivity contribution in [1.82, 2.24) is 0 Å². The number of nitrogens with one attached hydrogen (secondary N) is 1. The summed E-state index contributed by atoms with van der Waals surface area (Å²) in [5, 5.41) is 12.9. The first kappa shape index (κ1) is 21.9. The van der Waals surface area contributed by atoms with Crippen LogP contribution < -0.4 is 20.5 Å². The van der Waals surface area contributed by atoms with Crippen LogP contribution in [0.25, 0.3) is 0 Å². The summed E-state index contributed by atoms with van der Waals surface area (Å²) in [6.07, 6.45) is -5.89. The van der Waals surface area contributed by atoms with Gasteiger partial charge >= 0.3 is 6.36 Å². The van der Waals surface area contributed by atoms with E-state index < -0.39 is 18.2 Å². The average molecular weight is 438 g/mol. The number of ether oxygens (including phenoxy) is 2. The SMILES string of the molecule is NC(=NCC(O)COc1cccc(Cl)c1Cl)Nc1ccccc1OC(F)(F)F. The van der Waals surface area contributed by atoms with Gasteiger partial charge in [0.15, 0.2) is 11.7 Å². The van der Waals surface area contributed by atoms with Gasteiger partial charge in [0.2, 0.25) is 0 Å².